The second kappa shape index (κ2) is 9.64. The fourth-order valence-electron chi connectivity index (χ4n) is 2.45. The minimum atomic E-state index is -8.37. The van der Waals surface area contributed by atoms with Gasteiger partial charge in [0.05, 0.1) is 0 Å². The first-order valence-corrected chi connectivity index (χ1v) is 12.5. The highest BCUT2D eigenvalue weighted by atomic mass is 32.2. The highest BCUT2D eigenvalue weighted by Gasteiger charge is 2.90. The second-order valence-electron chi connectivity index (χ2n) is 10.1. The lowest BCUT2D eigenvalue weighted by molar-refractivity contribution is -0.538. The van der Waals surface area contributed by atoms with Crippen molar-refractivity contribution in [1.29, 1.82) is 0 Å². The molecule has 0 aliphatic rings. The van der Waals surface area contributed by atoms with E-state index in [-0.39, 0.29) is 20.8 Å². The molecule has 0 amide bonds. The molecule has 0 saturated heterocycles. The fraction of sp³-hybridized carbons (Fsp3) is 1.00. The molecule has 8 nitrogen and oxygen atoms in total. The zero-order valence-electron chi connectivity index (χ0n) is 20.5. The normalized spacial score (nSPS) is 19.2. The SMILES string of the molecule is CC(C)(C)C(F)(F)C(F)(OC(F)(F)C(F)(OC(F)(F)C(F)(F)S(=O)(=O)O)C(F)(F)C(F)(F)S(=O)(=O)O)C(C)(C)C. The average Bonchev–Trinajstić information content (AvgIpc) is 2.62. The minimum Gasteiger partial charge on any atom is -0.281 e. The Bertz CT molecular complexity index is 1170. The molecule has 0 fully saturated rings. The van der Waals surface area contributed by atoms with Crippen molar-refractivity contribution in [2.24, 2.45) is 10.8 Å². The molecule has 0 rings (SSSR count). The molecule has 0 aromatic rings. The van der Waals surface area contributed by atoms with E-state index in [2.05, 4.69) is 4.74 Å². The summed E-state index contributed by atoms with van der Waals surface area (Å²) < 4.78 is 265. The van der Waals surface area contributed by atoms with E-state index in [9.17, 15) is 69.5 Å². The Balaban J connectivity index is 7.93. The number of alkyl halides is 14. The zero-order chi connectivity index (χ0) is 33.4. The van der Waals surface area contributed by atoms with Crippen molar-refractivity contribution in [3.63, 3.8) is 0 Å². The Morgan fingerprint density at radius 2 is 0.750 bits per heavy atom. The lowest BCUT2D eigenvalue weighted by Gasteiger charge is -2.50. The summed E-state index contributed by atoms with van der Waals surface area (Å²) in [5, 5.41) is -15.4. The number of hydrogen-bond donors (Lipinski definition) is 2. The third kappa shape index (κ3) is 5.58. The first kappa shape index (κ1) is 38.8. The lowest BCUT2D eigenvalue weighted by Crippen LogP contribution is -2.74. The molecule has 24 heteroatoms. The molecular formula is C16H20F14O8S2. The molecular weight excluding hydrogens is 650 g/mol. The maximum atomic E-state index is 15.6. The van der Waals surface area contributed by atoms with Gasteiger partial charge in [0, 0.05) is 10.8 Å². The van der Waals surface area contributed by atoms with Gasteiger partial charge in [-0.2, -0.15) is 73.9 Å². The molecule has 2 unspecified atom stereocenters. The van der Waals surface area contributed by atoms with Gasteiger partial charge in [0.15, 0.2) is 0 Å². The lowest BCUT2D eigenvalue weighted by atomic mass is 9.73. The van der Waals surface area contributed by atoms with E-state index >= 15 is 8.78 Å². The highest BCUT2D eigenvalue weighted by Crippen LogP contribution is 2.62. The van der Waals surface area contributed by atoms with Crippen LogP contribution in [0, 0.1) is 10.8 Å². The van der Waals surface area contributed by atoms with Gasteiger partial charge in [-0.3, -0.25) is 18.6 Å². The topological polar surface area (TPSA) is 127 Å². The molecule has 0 bridgehead atoms. The van der Waals surface area contributed by atoms with Crippen LogP contribution in [0.3, 0.4) is 0 Å². The third-order valence-electron chi connectivity index (χ3n) is 4.98. The summed E-state index contributed by atoms with van der Waals surface area (Å²) in [4.78, 5) is 0. The van der Waals surface area contributed by atoms with Crippen molar-refractivity contribution in [2.45, 2.75) is 87.8 Å². The minimum absolute atomic E-state index is 0.176. The molecule has 0 aromatic carbocycles. The molecule has 40 heavy (non-hydrogen) atoms. The summed E-state index contributed by atoms with van der Waals surface area (Å²) in [7, 11) is -15.7. The van der Waals surface area contributed by atoms with Gasteiger partial charge in [0.25, 0.3) is 5.85 Å². The number of ether oxygens (including phenoxy) is 2. The molecule has 0 aliphatic heterocycles. The number of rotatable bonds is 11. The molecule has 0 spiro atoms. The monoisotopic (exact) mass is 670 g/mol. The van der Waals surface area contributed by atoms with Gasteiger partial charge in [-0.25, -0.2) is 4.39 Å². The Morgan fingerprint density at radius 1 is 0.450 bits per heavy atom. The molecule has 242 valence electrons. The van der Waals surface area contributed by atoms with Crippen LogP contribution in [0.15, 0.2) is 0 Å². The van der Waals surface area contributed by atoms with Gasteiger partial charge in [-0.1, -0.05) is 41.5 Å². The van der Waals surface area contributed by atoms with Crippen molar-refractivity contribution >= 4 is 20.2 Å². The summed E-state index contributed by atoms with van der Waals surface area (Å²) in [6, 6.07) is 0. The van der Waals surface area contributed by atoms with Crippen LogP contribution in [0.25, 0.3) is 0 Å². The van der Waals surface area contributed by atoms with Gasteiger partial charge >= 0.3 is 60.7 Å². The smallest absolute Gasteiger partial charge is 0.281 e. The quantitative estimate of drug-likeness (QED) is 0.207. The molecule has 2 atom stereocenters. The van der Waals surface area contributed by atoms with Gasteiger partial charge in [-0.05, 0) is 0 Å². The Morgan fingerprint density at radius 3 is 1.00 bits per heavy atom. The van der Waals surface area contributed by atoms with Crippen LogP contribution >= 0.6 is 0 Å². The molecule has 0 aromatic heterocycles. The number of hydrogen-bond acceptors (Lipinski definition) is 6. The zero-order valence-corrected chi connectivity index (χ0v) is 22.1. The van der Waals surface area contributed by atoms with Crippen molar-refractivity contribution in [1.82, 2.24) is 0 Å². The maximum absolute atomic E-state index is 15.6. The molecule has 0 radical (unpaired) electrons. The number of halogens is 14. The summed E-state index contributed by atoms with van der Waals surface area (Å²) in [6.45, 7) is 1.52. The Hall–Kier alpha value is -1.24. The predicted molar refractivity (Wildman–Crippen MR) is 102 cm³/mol. The Kier molecular flexibility index (Phi) is 9.34. The van der Waals surface area contributed by atoms with Crippen LogP contribution < -0.4 is 0 Å². The average molecular weight is 670 g/mol. The van der Waals surface area contributed by atoms with Crippen LogP contribution in [0.4, 0.5) is 61.5 Å². The summed E-state index contributed by atoms with van der Waals surface area (Å²) in [5.74, 6) is -27.9. The Labute approximate surface area is 216 Å². The van der Waals surface area contributed by atoms with Crippen molar-refractivity contribution in [3.05, 3.63) is 0 Å². The van der Waals surface area contributed by atoms with Crippen molar-refractivity contribution < 1.29 is 96.9 Å². The van der Waals surface area contributed by atoms with E-state index in [0.717, 1.165) is 0 Å². The highest BCUT2D eigenvalue weighted by molar-refractivity contribution is 7.87. The molecule has 0 saturated carbocycles. The standard InChI is InChI=1S/C16H20F14O8S2/c1-7(2,3)9(17,18)11(21,8(4,5)6)37-13(23,24)12(22,10(19,20)15(27,28)39(31,32)33)38-14(25,26)16(29,30)40(34,35)36/h1-6H3,(H,31,32,33)(H,34,35,36). The first-order chi connectivity index (χ1) is 16.7. The van der Waals surface area contributed by atoms with E-state index in [0.29, 0.717) is 20.8 Å². The third-order valence-corrected chi connectivity index (χ3v) is 6.77. The van der Waals surface area contributed by atoms with Gasteiger partial charge < -0.3 is 0 Å². The summed E-state index contributed by atoms with van der Waals surface area (Å²) >= 11 is 0. The molecule has 2 N–H and O–H groups in total. The molecule has 0 aliphatic carbocycles. The van der Waals surface area contributed by atoms with E-state index < -0.39 is 77.3 Å². The second-order valence-corrected chi connectivity index (χ2v) is 13.0. The van der Waals surface area contributed by atoms with Crippen LogP contribution in [0.5, 0.6) is 0 Å². The van der Waals surface area contributed by atoms with E-state index in [4.69, 9.17) is 9.11 Å². The van der Waals surface area contributed by atoms with Gasteiger partial charge in [0.2, 0.25) is 0 Å². The van der Waals surface area contributed by atoms with Crippen molar-refractivity contribution in [2.75, 3.05) is 0 Å². The van der Waals surface area contributed by atoms with E-state index in [1.54, 1.807) is 4.74 Å². The van der Waals surface area contributed by atoms with Crippen LogP contribution in [-0.4, -0.2) is 72.2 Å². The predicted octanol–water partition coefficient (Wildman–Crippen LogP) is 5.86. The maximum Gasteiger partial charge on any atom is 0.460 e. The van der Waals surface area contributed by atoms with Crippen LogP contribution in [-0.2, 0) is 29.7 Å². The summed E-state index contributed by atoms with van der Waals surface area (Å²) in [5.41, 5.74) is -6.25. The van der Waals surface area contributed by atoms with Crippen LogP contribution in [0.2, 0.25) is 0 Å². The fourth-order valence-corrected chi connectivity index (χ4v) is 3.25. The van der Waals surface area contributed by atoms with E-state index in [1.807, 2.05) is 0 Å². The van der Waals surface area contributed by atoms with Crippen LogP contribution in [0.1, 0.15) is 41.5 Å². The van der Waals surface area contributed by atoms with Gasteiger partial charge in [-0.15, -0.1) is 0 Å². The first-order valence-electron chi connectivity index (χ1n) is 9.65. The van der Waals surface area contributed by atoms with Gasteiger partial charge in [0.1, 0.15) is 0 Å². The summed E-state index contributed by atoms with van der Waals surface area (Å²) in [6.07, 6.45) is -15.7. The largest absolute Gasteiger partial charge is 0.460 e. The van der Waals surface area contributed by atoms with Crippen molar-refractivity contribution in [3.8, 4) is 0 Å². The molecule has 0 heterocycles. The van der Waals surface area contributed by atoms with E-state index in [1.165, 1.54) is 0 Å².